The fourth-order valence-electron chi connectivity index (χ4n) is 2.25. The zero-order valence-electron chi connectivity index (χ0n) is 13.2. The molecule has 5 nitrogen and oxygen atoms in total. The van der Waals surface area contributed by atoms with Crippen molar-refractivity contribution in [3.05, 3.63) is 41.1 Å². The lowest BCUT2D eigenvalue weighted by molar-refractivity contribution is -0.138. The topological polar surface area (TPSA) is 59.9 Å². The summed E-state index contributed by atoms with van der Waals surface area (Å²) < 4.78 is 10.4. The van der Waals surface area contributed by atoms with E-state index in [1.807, 2.05) is 37.4 Å². The highest BCUT2D eigenvalue weighted by molar-refractivity contribution is 8.13. The smallest absolute Gasteiger partial charge is 0.338 e. The third kappa shape index (κ3) is 3.44. The van der Waals surface area contributed by atoms with Gasteiger partial charge in [-0.05, 0) is 37.8 Å². The molecule has 0 saturated carbocycles. The monoisotopic (exact) mass is 320 g/mol. The van der Waals surface area contributed by atoms with Crippen LogP contribution in [0, 0.1) is 0 Å². The van der Waals surface area contributed by atoms with Gasteiger partial charge in [-0.25, -0.2) is 9.79 Å². The van der Waals surface area contributed by atoms with Crippen LogP contribution in [0.3, 0.4) is 0 Å². The van der Waals surface area contributed by atoms with Crippen LogP contribution in [0.4, 0.5) is 0 Å². The first-order valence-electron chi connectivity index (χ1n) is 7.01. The molecule has 1 aliphatic heterocycles. The van der Waals surface area contributed by atoms with Crippen molar-refractivity contribution in [2.75, 3.05) is 20.0 Å². The fraction of sp³-hybridized carbons (Fsp3) is 0.375. The summed E-state index contributed by atoms with van der Waals surface area (Å²) >= 11 is 1.51. The second-order valence-corrected chi connectivity index (χ2v) is 5.49. The molecule has 1 atom stereocenters. The Morgan fingerprint density at radius 1 is 1.36 bits per heavy atom. The zero-order chi connectivity index (χ0) is 16.1. The molecule has 1 heterocycles. The number of nitrogens with zero attached hydrogens (tertiary/aromatic N) is 1. The average molecular weight is 320 g/mol. The number of rotatable bonds is 4. The largest absolute Gasteiger partial charge is 0.497 e. The van der Waals surface area contributed by atoms with Gasteiger partial charge in [-0.3, -0.25) is 0 Å². The van der Waals surface area contributed by atoms with E-state index in [-0.39, 0.29) is 12.0 Å². The molecule has 0 amide bonds. The van der Waals surface area contributed by atoms with Gasteiger partial charge in [0, 0.05) is 5.70 Å². The van der Waals surface area contributed by atoms with Crippen LogP contribution in [-0.2, 0) is 9.53 Å². The fourth-order valence-corrected chi connectivity index (χ4v) is 2.72. The molecule has 0 unspecified atom stereocenters. The van der Waals surface area contributed by atoms with Crippen molar-refractivity contribution in [2.45, 2.75) is 19.9 Å². The van der Waals surface area contributed by atoms with Crippen LogP contribution in [0.2, 0.25) is 0 Å². The van der Waals surface area contributed by atoms with Crippen LogP contribution in [0.25, 0.3) is 0 Å². The highest BCUT2D eigenvalue weighted by Gasteiger charge is 2.30. The highest BCUT2D eigenvalue weighted by atomic mass is 32.2. The molecule has 1 aromatic rings. The van der Waals surface area contributed by atoms with Crippen LogP contribution in [-0.4, -0.2) is 31.1 Å². The van der Waals surface area contributed by atoms with E-state index in [2.05, 4.69) is 10.3 Å². The molecule has 0 saturated heterocycles. The van der Waals surface area contributed by atoms with Crippen molar-refractivity contribution in [1.82, 2.24) is 5.32 Å². The third-order valence-corrected chi connectivity index (χ3v) is 3.93. The molecule has 0 fully saturated rings. The van der Waals surface area contributed by atoms with Gasteiger partial charge in [0.15, 0.2) is 5.17 Å². The second kappa shape index (κ2) is 7.35. The van der Waals surface area contributed by atoms with Gasteiger partial charge in [0.2, 0.25) is 0 Å². The minimum atomic E-state index is -0.367. The number of nitrogens with one attached hydrogen (secondary N) is 1. The second-order valence-electron chi connectivity index (χ2n) is 4.70. The number of carbonyl (C=O) groups is 1. The normalized spacial score (nSPS) is 17.6. The lowest BCUT2D eigenvalue weighted by Crippen LogP contribution is -2.30. The molecule has 1 aromatic carbocycles. The highest BCUT2D eigenvalue weighted by Crippen LogP contribution is 2.33. The van der Waals surface area contributed by atoms with Gasteiger partial charge < -0.3 is 14.8 Å². The summed E-state index contributed by atoms with van der Waals surface area (Å²) in [6.07, 6.45) is 1.94. The minimum absolute atomic E-state index is 0.336. The van der Waals surface area contributed by atoms with Gasteiger partial charge in [0.25, 0.3) is 0 Å². The first-order chi connectivity index (χ1) is 10.6. The number of hydrogen-bond donors (Lipinski definition) is 1. The van der Waals surface area contributed by atoms with E-state index in [9.17, 15) is 4.79 Å². The molecular formula is C16H20N2O3S. The summed E-state index contributed by atoms with van der Waals surface area (Å²) in [5, 5.41) is 3.93. The van der Waals surface area contributed by atoms with E-state index in [1.54, 1.807) is 14.0 Å². The Morgan fingerprint density at radius 2 is 2.05 bits per heavy atom. The molecule has 0 radical (unpaired) electrons. The van der Waals surface area contributed by atoms with Crippen molar-refractivity contribution in [1.29, 1.82) is 0 Å². The predicted molar refractivity (Wildman–Crippen MR) is 89.2 cm³/mol. The number of hydrogen-bond acceptors (Lipinski definition) is 6. The first kappa shape index (κ1) is 16.4. The van der Waals surface area contributed by atoms with E-state index in [1.165, 1.54) is 11.8 Å². The number of benzene rings is 1. The number of aliphatic imine (C=N–C) groups is 1. The van der Waals surface area contributed by atoms with Crippen molar-refractivity contribution in [3.8, 4) is 5.75 Å². The SMILES string of the molecule is CCOC(=O)C1=C(C)NC(SC)=N[C@H]1c1ccc(OC)cc1. The summed E-state index contributed by atoms with van der Waals surface area (Å²) in [6, 6.07) is 7.20. The van der Waals surface area contributed by atoms with Crippen LogP contribution >= 0.6 is 11.8 Å². The van der Waals surface area contributed by atoms with Gasteiger partial charge in [0.1, 0.15) is 11.8 Å². The van der Waals surface area contributed by atoms with Gasteiger partial charge >= 0.3 is 5.97 Å². The van der Waals surface area contributed by atoms with Crippen molar-refractivity contribution >= 4 is 22.9 Å². The number of methoxy groups -OCH3 is 1. The first-order valence-corrected chi connectivity index (χ1v) is 8.23. The van der Waals surface area contributed by atoms with Crippen molar-refractivity contribution in [3.63, 3.8) is 0 Å². The predicted octanol–water partition coefficient (Wildman–Crippen LogP) is 2.90. The van der Waals surface area contributed by atoms with Gasteiger partial charge in [0.05, 0.1) is 19.3 Å². The minimum Gasteiger partial charge on any atom is -0.497 e. The van der Waals surface area contributed by atoms with Gasteiger partial charge in [-0.2, -0.15) is 0 Å². The summed E-state index contributed by atoms with van der Waals surface area (Å²) in [5.41, 5.74) is 2.25. The maximum Gasteiger partial charge on any atom is 0.338 e. The zero-order valence-corrected chi connectivity index (χ0v) is 14.0. The van der Waals surface area contributed by atoms with E-state index >= 15 is 0 Å². The molecule has 0 aliphatic carbocycles. The maximum absolute atomic E-state index is 12.3. The molecule has 0 aromatic heterocycles. The molecule has 2 rings (SSSR count). The molecule has 0 bridgehead atoms. The summed E-state index contributed by atoms with van der Waals surface area (Å²) in [5.74, 6) is 0.433. The van der Waals surface area contributed by atoms with Gasteiger partial charge in [-0.1, -0.05) is 23.9 Å². The lowest BCUT2D eigenvalue weighted by Gasteiger charge is -2.25. The molecular weight excluding hydrogens is 300 g/mol. The lowest BCUT2D eigenvalue weighted by atomic mass is 9.96. The number of esters is 1. The standard InChI is InChI=1S/C16H20N2O3S/c1-5-21-15(19)13-10(2)17-16(22-4)18-14(13)11-6-8-12(20-3)9-7-11/h6-9,14H,5H2,1-4H3,(H,17,18)/t14-/m0/s1. The molecule has 0 spiro atoms. The molecule has 118 valence electrons. The summed E-state index contributed by atoms with van der Waals surface area (Å²) in [6.45, 7) is 4.00. The van der Waals surface area contributed by atoms with E-state index in [0.29, 0.717) is 12.2 Å². The molecule has 22 heavy (non-hydrogen) atoms. The van der Waals surface area contributed by atoms with Crippen LogP contribution in [0.1, 0.15) is 25.5 Å². The quantitative estimate of drug-likeness (QED) is 0.865. The average Bonchev–Trinajstić information content (AvgIpc) is 2.54. The summed E-state index contributed by atoms with van der Waals surface area (Å²) in [4.78, 5) is 16.9. The Hall–Kier alpha value is -1.95. The van der Waals surface area contributed by atoms with Crippen LogP contribution in [0.15, 0.2) is 40.5 Å². The van der Waals surface area contributed by atoms with Crippen LogP contribution in [0.5, 0.6) is 5.75 Å². The molecule has 1 aliphatic rings. The van der Waals surface area contributed by atoms with E-state index < -0.39 is 0 Å². The third-order valence-electron chi connectivity index (χ3n) is 3.34. The number of ether oxygens (including phenoxy) is 2. The Kier molecular flexibility index (Phi) is 5.49. The number of carbonyl (C=O) groups excluding carboxylic acids is 1. The van der Waals surface area contributed by atoms with E-state index in [0.717, 1.165) is 22.2 Å². The number of thioether (sulfide) groups is 1. The van der Waals surface area contributed by atoms with Crippen LogP contribution < -0.4 is 10.1 Å². The number of allylic oxidation sites excluding steroid dienone is 1. The maximum atomic E-state index is 12.3. The Morgan fingerprint density at radius 3 is 2.59 bits per heavy atom. The Labute approximate surface area is 134 Å². The summed E-state index contributed by atoms with van der Waals surface area (Å²) in [7, 11) is 1.62. The number of amidine groups is 1. The van der Waals surface area contributed by atoms with E-state index in [4.69, 9.17) is 9.47 Å². The molecule has 1 N–H and O–H groups in total. The van der Waals surface area contributed by atoms with Gasteiger partial charge in [-0.15, -0.1) is 0 Å². The Balaban J connectivity index is 2.42. The van der Waals surface area contributed by atoms with Crippen molar-refractivity contribution in [2.24, 2.45) is 4.99 Å². The Bertz CT molecular complexity index is 608. The molecule has 6 heteroatoms. The van der Waals surface area contributed by atoms with Crippen molar-refractivity contribution < 1.29 is 14.3 Å².